The molecule has 2 unspecified atom stereocenters. The molecule has 4 atom stereocenters. The summed E-state index contributed by atoms with van der Waals surface area (Å²) in [6.07, 6.45) is -3.84. The van der Waals surface area contributed by atoms with Gasteiger partial charge in [0.25, 0.3) is 0 Å². The van der Waals surface area contributed by atoms with Crippen molar-refractivity contribution in [3.63, 3.8) is 0 Å². The van der Waals surface area contributed by atoms with E-state index < -0.39 is 51.7 Å². The highest BCUT2D eigenvalue weighted by molar-refractivity contribution is 6.32. The zero-order valence-electron chi connectivity index (χ0n) is 23.1. The third-order valence-electron chi connectivity index (χ3n) is 9.08. The molecule has 3 fully saturated rings. The fraction of sp³-hybridized carbons (Fsp3) is 0.536. The molecule has 0 amide bonds. The van der Waals surface area contributed by atoms with Gasteiger partial charge in [-0.05, 0) is 44.5 Å². The SMILES string of the molecule is CN1c2nc(OC[C@@]34CCCN3C[C@H](F)C4)nc3c(F)c(-c4cc(N)cc(Cl)c4C(F)(F)F)nc(c23)OC2CCNCC21. The zero-order valence-corrected chi connectivity index (χ0v) is 23.9. The van der Waals surface area contributed by atoms with Crippen LogP contribution in [0.2, 0.25) is 5.02 Å². The molecule has 4 aliphatic heterocycles. The summed E-state index contributed by atoms with van der Waals surface area (Å²) >= 11 is 6.00. The highest BCUT2D eigenvalue weighted by Crippen LogP contribution is 2.47. The molecule has 15 heteroatoms. The van der Waals surface area contributed by atoms with E-state index in [1.807, 2.05) is 4.90 Å². The Bertz CT molecular complexity index is 1610. The topological polar surface area (TPSA) is 102 Å². The number of piperidine rings is 1. The number of alkyl halides is 4. The number of fused-ring (bicyclic) bond motifs is 2. The number of likely N-dealkylation sites (N-methyl/N-ethyl adjacent to an activating group) is 1. The summed E-state index contributed by atoms with van der Waals surface area (Å²) in [6.45, 7) is 2.31. The Balaban J connectivity index is 1.41. The summed E-state index contributed by atoms with van der Waals surface area (Å²) < 4.78 is 85.9. The minimum absolute atomic E-state index is 0.0850. The van der Waals surface area contributed by atoms with E-state index in [2.05, 4.69) is 25.2 Å². The fourth-order valence-corrected chi connectivity index (χ4v) is 7.41. The molecule has 1 aromatic carbocycles. The van der Waals surface area contributed by atoms with Crippen molar-refractivity contribution < 1.29 is 31.4 Å². The molecule has 7 rings (SSSR count). The predicted molar refractivity (Wildman–Crippen MR) is 150 cm³/mol. The van der Waals surface area contributed by atoms with Crippen LogP contribution in [0.1, 0.15) is 31.2 Å². The lowest BCUT2D eigenvalue weighted by Crippen LogP contribution is -2.54. The normalized spacial score (nSPS) is 27.1. The number of hydrogen-bond donors (Lipinski definition) is 2. The number of nitrogens with zero attached hydrogens (tertiary/aromatic N) is 5. The Morgan fingerprint density at radius 3 is 2.86 bits per heavy atom. The number of nitrogens with one attached hydrogen (secondary N) is 1. The number of ether oxygens (including phenoxy) is 2. The van der Waals surface area contributed by atoms with Crippen molar-refractivity contribution in [1.29, 1.82) is 0 Å². The van der Waals surface area contributed by atoms with Gasteiger partial charge in [-0.2, -0.15) is 23.1 Å². The van der Waals surface area contributed by atoms with E-state index in [9.17, 15) is 17.6 Å². The van der Waals surface area contributed by atoms with Gasteiger partial charge in [0.15, 0.2) is 5.82 Å². The molecule has 9 nitrogen and oxygen atoms in total. The van der Waals surface area contributed by atoms with Crippen molar-refractivity contribution in [2.24, 2.45) is 0 Å². The molecule has 0 saturated carbocycles. The van der Waals surface area contributed by atoms with Crippen molar-refractivity contribution in [3.05, 3.63) is 28.5 Å². The van der Waals surface area contributed by atoms with E-state index in [1.165, 1.54) is 0 Å². The Hall–Kier alpha value is -3.23. The van der Waals surface area contributed by atoms with Gasteiger partial charge in [0.05, 0.1) is 22.2 Å². The minimum atomic E-state index is -4.94. The zero-order chi connectivity index (χ0) is 30.3. The third kappa shape index (κ3) is 4.69. The predicted octanol–water partition coefficient (Wildman–Crippen LogP) is 4.60. The maximum Gasteiger partial charge on any atom is 0.418 e. The maximum atomic E-state index is 16.5. The summed E-state index contributed by atoms with van der Waals surface area (Å²) in [4.78, 5) is 17.2. The first-order valence-corrected chi connectivity index (χ1v) is 14.5. The summed E-state index contributed by atoms with van der Waals surface area (Å²) in [5, 5.41) is 2.73. The first-order chi connectivity index (χ1) is 20.4. The van der Waals surface area contributed by atoms with Gasteiger partial charge in [0, 0.05) is 37.8 Å². The second-order valence-corrected chi connectivity index (χ2v) is 12.2. The first-order valence-electron chi connectivity index (χ1n) is 14.1. The number of aromatic nitrogens is 3. The number of nitrogens with two attached hydrogens (primary N) is 1. The quantitative estimate of drug-likeness (QED) is 0.318. The summed E-state index contributed by atoms with van der Waals surface area (Å²) in [6, 6.07) is 1.51. The standard InChI is InChI=1S/C28H29ClF5N7O2/c1-40-17-10-36-5-3-18(17)43-25-19-23(21(31)22(37-25)15-7-14(35)8-16(29)20(15)28(32,33)34)38-26(39-24(19)40)42-12-27-4-2-6-41(27)11-13(30)9-27/h7-8,13,17-18,36H,2-6,9-12,35H2,1H3/t13-,17?,18?,27+/m1/s1. The van der Waals surface area contributed by atoms with Crippen LogP contribution in [0.15, 0.2) is 12.1 Å². The minimum Gasteiger partial charge on any atom is -0.471 e. The van der Waals surface area contributed by atoms with Crippen molar-refractivity contribution in [2.75, 3.05) is 50.5 Å². The summed E-state index contributed by atoms with van der Waals surface area (Å²) in [7, 11) is 1.78. The highest BCUT2D eigenvalue weighted by Gasteiger charge is 2.49. The number of hydrogen-bond acceptors (Lipinski definition) is 9. The van der Waals surface area contributed by atoms with E-state index in [0.29, 0.717) is 32.5 Å². The molecule has 0 spiro atoms. The van der Waals surface area contributed by atoms with Gasteiger partial charge in [-0.3, -0.25) is 4.90 Å². The number of halogens is 6. The van der Waals surface area contributed by atoms with Crippen LogP contribution in [0.4, 0.5) is 33.5 Å². The third-order valence-corrected chi connectivity index (χ3v) is 9.38. The molecular weight excluding hydrogens is 597 g/mol. The molecule has 3 saturated heterocycles. The Labute approximate surface area is 248 Å². The number of benzene rings is 1. The molecule has 4 aliphatic rings. The van der Waals surface area contributed by atoms with E-state index in [0.717, 1.165) is 31.5 Å². The summed E-state index contributed by atoms with van der Waals surface area (Å²) in [5.74, 6) is -0.969. The number of nitrogen functional groups attached to an aromatic ring is 1. The Morgan fingerprint density at radius 2 is 2.07 bits per heavy atom. The maximum absolute atomic E-state index is 16.5. The van der Waals surface area contributed by atoms with Crippen LogP contribution in [0.25, 0.3) is 22.2 Å². The molecule has 0 radical (unpaired) electrons. The molecule has 3 N–H and O–H groups in total. The Kier molecular flexibility index (Phi) is 6.74. The molecule has 43 heavy (non-hydrogen) atoms. The average molecular weight is 626 g/mol. The van der Waals surface area contributed by atoms with E-state index in [1.54, 1.807) is 7.05 Å². The van der Waals surface area contributed by atoms with Crippen molar-refractivity contribution in [2.45, 2.75) is 55.7 Å². The molecule has 0 bridgehead atoms. The van der Waals surface area contributed by atoms with Crippen LogP contribution in [-0.2, 0) is 6.18 Å². The number of anilines is 2. The van der Waals surface area contributed by atoms with Crippen molar-refractivity contribution >= 4 is 34.0 Å². The van der Waals surface area contributed by atoms with Gasteiger partial charge in [-0.25, -0.2) is 13.8 Å². The molecule has 230 valence electrons. The van der Waals surface area contributed by atoms with Crippen LogP contribution in [0, 0.1) is 5.82 Å². The smallest absolute Gasteiger partial charge is 0.418 e. The van der Waals surface area contributed by atoms with E-state index >= 15 is 4.39 Å². The van der Waals surface area contributed by atoms with Gasteiger partial charge in [-0.1, -0.05) is 11.6 Å². The summed E-state index contributed by atoms with van der Waals surface area (Å²) in [5.41, 5.74) is 2.34. The monoisotopic (exact) mass is 625 g/mol. The number of pyridine rings is 1. The molecular formula is C28H29ClF5N7O2. The molecule has 6 heterocycles. The lowest BCUT2D eigenvalue weighted by molar-refractivity contribution is -0.137. The van der Waals surface area contributed by atoms with Crippen LogP contribution in [0.3, 0.4) is 0 Å². The van der Waals surface area contributed by atoms with Gasteiger partial charge in [0.2, 0.25) is 5.88 Å². The molecule has 3 aromatic rings. The van der Waals surface area contributed by atoms with Gasteiger partial charge in [-0.15, -0.1) is 0 Å². The first kappa shape index (κ1) is 28.5. The lowest BCUT2D eigenvalue weighted by Gasteiger charge is -2.36. The van der Waals surface area contributed by atoms with Crippen molar-refractivity contribution in [1.82, 2.24) is 25.2 Å². The second-order valence-electron chi connectivity index (χ2n) is 11.7. The highest BCUT2D eigenvalue weighted by atomic mass is 35.5. The van der Waals surface area contributed by atoms with Crippen LogP contribution in [-0.4, -0.2) is 83.5 Å². The van der Waals surface area contributed by atoms with Crippen LogP contribution < -0.4 is 25.4 Å². The van der Waals surface area contributed by atoms with Gasteiger partial charge >= 0.3 is 12.2 Å². The van der Waals surface area contributed by atoms with E-state index in [-0.39, 0.29) is 46.9 Å². The van der Waals surface area contributed by atoms with Crippen molar-refractivity contribution in [3.8, 4) is 23.1 Å². The second kappa shape index (κ2) is 10.2. The fourth-order valence-electron chi connectivity index (χ4n) is 7.08. The Morgan fingerprint density at radius 1 is 1.26 bits per heavy atom. The van der Waals surface area contributed by atoms with Crippen LogP contribution in [0.5, 0.6) is 11.9 Å². The largest absolute Gasteiger partial charge is 0.471 e. The lowest BCUT2D eigenvalue weighted by atomic mass is 9.95. The van der Waals surface area contributed by atoms with Crippen LogP contribution >= 0.6 is 11.6 Å². The molecule has 0 aliphatic carbocycles. The molecule has 2 aromatic heterocycles. The number of rotatable bonds is 4. The average Bonchev–Trinajstić information content (AvgIpc) is 3.43. The van der Waals surface area contributed by atoms with Gasteiger partial charge in [0.1, 0.15) is 41.3 Å². The van der Waals surface area contributed by atoms with E-state index in [4.69, 9.17) is 26.8 Å². The van der Waals surface area contributed by atoms with Gasteiger partial charge < -0.3 is 25.4 Å².